The Bertz CT molecular complexity index is 600. The monoisotopic (exact) mass is 356 g/mol. The second-order valence-corrected chi connectivity index (χ2v) is 6.92. The molecule has 0 bridgehead atoms. The van der Waals surface area contributed by atoms with Gasteiger partial charge in [0.05, 0.1) is 4.90 Å². The van der Waals surface area contributed by atoms with Gasteiger partial charge in [0.2, 0.25) is 10.0 Å². The first kappa shape index (κ1) is 20.4. The molecule has 7 nitrogen and oxygen atoms in total. The van der Waals surface area contributed by atoms with Crippen LogP contribution in [0.25, 0.3) is 0 Å². The SMILES string of the molecule is CCCCOCCCNC(=NC)NCc1ccc(S(N)(=O)=O)cc1. The lowest BCUT2D eigenvalue weighted by Gasteiger charge is -2.12. The molecule has 0 heterocycles. The fourth-order valence-corrected chi connectivity index (χ4v) is 2.45. The zero-order valence-corrected chi connectivity index (χ0v) is 15.2. The Morgan fingerprint density at radius 3 is 2.42 bits per heavy atom. The summed E-state index contributed by atoms with van der Waals surface area (Å²) in [7, 11) is -1.94. The molecule has 1 rings (SSSR count). The minimum atomic E-state index is -3.65. The Labute approximate surface area is 144 Å². The van der Waals surface area contributed by atoms with Gasteiger partial charge in [-0.15, -0.1) is 0 Å². The standard InChI is InChI=1S/C16H28N4O3S/c1-3-4-11-23-12-5-10-19-16(18-2)20-13-14-6-8-15(9-7-14)24(17,21)22/h6-9H,3-5,10-13H2,1-2H3,(H2,17,21,22)(H2,18,19,20). The fraction of sp³-hybridized carbons (Fsp3) is 0.562. The Kier molecular flexibility index (Phi) is 9.36. The largest absolute Gasteiger partial charge is 0.381 e. The molecule has 1 aromatic carbocycles. The van der Waals surface area contributed by atoms with Crippen molar-refractivity contribution in [3.63, 3.8) is 0 Å². The van der Waals surface area contributed by atoms with E-state index in [1.807, 2.05) is 0 Å². The van der Waals surface area contributed by atoms with Crippen molar-refractivity contribution in [2.45, 2.75) is 37.6 Å². The van der Waals surface area contributed by atoms with Crippen LogP contribution in [0, 0.1) is 0 Å². The first-order valence-corrected chi connectivity index (χ1v) is 9.66. The second-order valence-electron chi connectivity index (χ2n) is 5.36. The molecule has 0 aliphatic heterocycles. The van der Waals surface area contributed by atoms with Gasteiger partial charge in [-0.25, -0.2) is 13.6 Å². The zero-order chi connectivity index (χ0) is 17.8. The van der Waals surface area contributed by atoms with E-state index in [2.05, 4.69) is 22.5 Å². The number of sulfonamides is 1. The smallest absolute Gasteiger partial charge is 0.238 e. The number of nitrogens with zero attached hydrogens (tertiary/aromatic N) is 1. The molecule has 0 saturated carbocycles. The van der Waals surface area contributed by atoms with Gasteiger partial charge in [0.15, 0.2) is 5.96 Å². The van der Waals surface area contributed by atoms with Gasteiger partial charge in [0.25, 0.3) is 0 Å². The summed E-state index contributed by atoms with van der Waals surface area (Å²) in [4.78, 5) is 4.25. The molecule has 0 atom stereocenters. The van der Waals surface area contributed by atoms with Crippen LogP contribution in [0.1, 0.15) is 31.7 Å². The van der Waals surface area contributed by atoms with Gasteiger partial charge in [-0.05, 0) is 30.5 Å². The van der Waals surface area contributed by atoms with E-state index in [9.17, 15) is 8.42 Å². The lowest BCUT2D eigenvalue weighted by atomic mass is 10.2. The second kappa shape index (κ2) is 11.0. The van der Waals surface area contributed by atoms with Gasteiger partial charge in [0, 0.05) is 33.4 Å². The number of aliphatic imine (C=N–C) groups is 1. The summed E-state index contributed by atoms with van der Waals surface area (Å²) in [5.41, 5.74) is 0.938. The van der Waals surface area contributed by atoms with E-state index in [1.165, 1.54) is 12.1 Å². The van der Waals surface area contributed by atoms with Crippen LogP contribution in [-0.4, -0.2) is 41.2 Å². The van der Waals surface area contributed by atoms with Crippen molar-refractivity contribution in [1.29, 1.82) is 0 Å². The number of rotatable bonds is 10. The van der Waals surface area contributed by atoms with Crippen molar-refractivity contribution in [3.8, 4) is 0 Å². The van der Waals surface area contributed by atoms with Gasteiger partial charge in [0.1, 0.15) is 0 Å². The quantitative estimate of drug-likeness (QED) is 0.332. The van der Waals surface area contributed by atoms with Crippen molar-refractivity contribution in [2.24, 2.45) is 10.1 Å². The number of guanidine groups is 1. The number of ether oxygens (including phenoxy) is 1. The van der Waals surface area contributed by atoms with Crippen LogP contribution in [0.15, 0.2) is 34.2 Å². The molecular formula is C16H28N4O3S. The minimum absolute atomic E-state index is 0.108. The van der Waals surface area contributed by atoms with Crippen LogP contribution in [0.5, 0.6) is 0 Å². The predicted molar refractivity (Wildman–Crippen MR) is 96.4 cm³/mol. The minimum Gasteiger partial charge on any atom is -0.381 e. The number of hydrogen-bond donors (Lipinski definition) is 3. The maximum atomic E-state index is 11.2. The summed E-state index contributed by atoms with van der Waals surface area (Å²) in [6, 6.07) is 6.44. The molecule has 0 saturated heterocycles. The molecule has 1 aromatic rings. The third-order valence-corrected chi connectivity index (χ3v) is 4.26. The summed E-state index contributed by atoms with van der Waals surface area (Å²) in [6.07, 6.45) is 3.15. The molecule has 0 aliphatic carbocycles. The van der Waals surface area contributed by atoms with Crippen molar-refractivity contribution in [2.75, 3.05) is 26.8 Å². The van der Waals surface area contributed by atoms with Crippen molar-refractivity contribution in [3.05, 3.63) is 29.8 Å². The fourth-order valence-electron chi connectivity index (χ4n) is 1.93. The topological polar surface area (TPSA) is 106 Å². The predicted octanol–water partition coefficient (Wildman–Crippen LogP) is 1.21. The number of unbranched alkanes of at least 4 members (excludes halogenated alkanes) is 1. The zero-order valence-electron chi connectivity index (χ0n) is 14.4. The average Bonchev–Trinajstić information content (AvgIpc) is 2.56. The van der Waals surface area contributed by atoms with E-state index < -0.39 is 10.0 Å². The third kappa shape index (κ3) is 8.28. The molecule has 0 unspecified atom stereocenters. The summed E-state index contributed by atoms with van der Waals surface area (Å²) in [5, 5.41) is 11.5. The van der Waals surface area contributed by atoms with Gasteiger partial charge < -0.3 is 15.4 Å². The highest BCUT2D eigenvalue weighted by molar-refractivity contribution is 7.89. The summed E-state index contributed by atoms with van der Waals surface area (Å²) >= 11 is 0. The van der Waals surface area contributed by atoms with E-state index in [0.29, 0.717) is 12.5 Å². The Morgan fingerprint density at radius 1 is 1.17 bits per heavy atom. The summed E-state index contributed by atoms with van der Waals surface area (Å²) < 4.78 is 27.9. The van der Waals surface area contributed by atoms with Gasteiger partial charge in [-0.1, -0.05) is 25.5 Å². The highest BCUT2D eigenvalue weighted by Gasteiger charge is 2.06. The average molecular weight is 356 g/mol. The van der Waals surface area contributed by atoms with E-state index in [4.69, 9.17) is 9.88 Å². The number of nitrogens with two attached hydrogens (primary N) is 1. The lowest BCUT2D eigenvalue weighted by Crippen LogP contribution is -2.37. The summed E-state index contributed by atoms with van der Waals surface area (Å²) in [6.45, 7) is 5.01. The van der Waals surface area contributed by atoms with E-state index in [1.54, 1.807) is 19.2 Å². The van der Waals surface area contributed by atoms with Crippen LogP contribution in [0.4, 0.5) is 0 Å². The molecule has 0 aliphatic rings. The summed E-state index contributed by atoms with van der Waals surface area (Å²) in [5.74, 6) is 0.694. The number of benzene rings is 1. The molecule has 0 aromatic heterocycles. The van der Waals surface area contributed by atoms with Crippen LogP contribution >= 0.6 is 0 Å². The van der Waals surface area contributed by atoms with Gasteiger partial charge in [-0.2, -0.15) is 0 Å². The lowest BCUT2D eigenvalue weighted by molar-refractivity contribution is 0.129. The van der Waals surface area contributed by atoms with Crippen LogP contribution in [0.3, 0.4) is 0 Å². The van der Waals surface area contributed by atoms with E-state index in [-0.39, 0.29) is 4.90 Å². The molecular weight excluding hydrogens is 328 g/mol. The maximum absolute atomic E-state index is 11.2. The third-order valence-electron chi connectivity index (χ3n) is 3.34. The van der Waals surface area contributed by atoms with Gasteiger partial charge in [-0.3, -0.25) is 4.99 Å². The van der Waals surface area contributed by atoms with Crippen molar-refractivity contribution in [1.82, 2.24) is 10.6 Å². The van der Waals surface area contributed by atoms with E-state index >= 15 is 0 Å². The highest BCUT2D eigenvalue weighted by atomic mass is 32.2. The highest BCUT2D eigenvalue weighted by Crippen LogP contribution is 2.08. The van der Waals surface area contributed by atoms with Crippen molar-refractivity contribution < 1.29 is 13.2 Å². The molecule has 24 heavy (non-hydrogen) atoms. The maximum Gasteiger partial charge on any atom is 0.238 e. The Balaban J connectivity index is 2.29. The molecule has 136 valence electrons. The molecule has 0 fully saturated rings. The number of nitrogens with one attached hydrogen (secondary N) is 2. The Morgan fingerprint density at radius 2 is 1.83 bits per heavy atom. The normalized spacial score (nSPS) is 12.2. The van der Waals surface area contributed by atoms with Crippen LogP contribution in [0.2, 0.25) is 0 Å². The molecule has 0 amide bonds. The molecule has 4 N–H and O–H groups in total. The van der Waals surface area contributed by atoms with Crippen LogP contribution < -0.4 is 15.8 Å². The molecule has 0 spiro atoms. The van der Waals surface area contributed by atoms with Crippen molar-refractivity contribution >= 4 is 16.0 Å². The molecule has 0 radical (unpaired) electrons. The number of primary sulfonamides is 1. The molecule has 8 heteroatoms. The van der Waals surface area contributed by atoms with E-state index in [0.717, 1.165) is 44.6 Å². The first-order chi connectivity index (χ1) is 11.5. The van der Waals surface area contributed by atoms with Gasteiger partial charge >= 0.3 is 0 Å². The Hall–Kier alpha value is -1.64. The number of hydrogen-bond acceptors (Lipinski definition) is 4. The van der Waals surface area contributed by atoms with Crippen LogP contribution in [-0.2, 0) is 21.3 Å². The first-order valence-electron chi connectivity index (χ1n) is 8.11.